The SMILES string of the molecule is CCC(CC)c1cncn1CCCOC1CCC(N)CC1. The minimum atomic E-state index is 0.401. The minimum absolute atomic E-state index is 0.401. The van der Waals surface area contributed by atoms with E-state index >= 15 is 0 Å². The summed E-state index contributed by atoms with van der Waals surface area (Å²) >= 11 is 0. The van der Waals surface area contributed by atoms with Crippen LogP contribution in [0.2, 0.25) is 0 Å². The molecule has 21 heavy (non-hydrogen) atoms. The Labute approximate surface area is 129 Å². The number of imidazole rings is 1. The maximum atomic E-state index is 5.99. The zero-order valence-corrected chi connectivity index (χ0v) is 13.6. The summed E-state index contributed by atoms with van der Waals surface area (Å²) in [5.74, 6) is 0.633. The van der Waals surface area contributed by atoms with Crippen molar-refractivity contribution in [2.45, 2.75) is 83.4 Å². The van der Waals surface area contributed by atoms with E-state index in [1.54, 1.807) is 0 Å². The van der Waals surface area contributed by atoms with Crippen LogP contribution < -0.4 is 5.73 Å². The molecule has 0 amide bonds. The molecule has 2 rings (SSSR count). The van der Waals surface area contributed by atoms with E-state index in [9.17, 15) is 0 Å². The van der Waals surface area contributed by atoms with Gasteiger partial charge in [-0.25, -0.2) is 4.98 Å². The summed E-state index contributed by atoms with van der Waals surface area (Å²) in [4.78, 5) is 4.32. The first kappa shape index (κ1) is 16.5. The molecule has 0 unspecified atom stereocenters. The Hall–Kier alpha value is -0.870. The van der Waals surface area contributed by atoms with Crippen LogP contribution in [0.1, 0.15) is 70.4 Å². The fourth-order valence-electron chi connectivity index (χ4n) is 3.30. The molecular weight excluding hydrogens is 262 g/mol. The molecule has 0 bridgehead atoms. The lowest BCUT2D eigenvalue weighted by molar-refractivity contribution is 0.0224. The van der Waals surface area contributed by atoms with Crippen molar-refractivity contribution >= 4 is 0 Å². The predicted molar refractivity (Wildman–Crippen MR) is 86.4 cm³/mol. The minimum Gasteiger partial charge on any atom is -0.378 e. The van der Waals surface area contributed by atoms with Gasteiger partial charge in [0.15, 0.2) is 0 Å². The molecule has 0 atom stereocenters. The molecule has 4 heteroatoms. The van der Waals surface area contributed by atoms with Gasteiger partial charge in [-0.3, -0.25) is 0 Å². The Kier molecular flexibility index (Phi) is 6.71. The summed E-state index contributed by atoms with van der Waals surface area (Å²) < 4.78 is 8.30. The Morgan fingerprint density at radius 1 is 1.29 bits per heavy atom. The molecular formula is C17H31N3O. The third kappa shape index (κ3) is 4.82. The Morgan fingerprint density at radius 3 is 2.67 bits per heavy atom. The monoisotopic (exact) mass is 293 g/mol. The molecule has 4 nitrogen and oxygen atoms in total. The molecule has 0 saturated heterocycles. The van der Waals surface area contributed by atoms with Gasteiger partial charge in [-0.2, -0.15) is 0 Å². The van der Waals surface area contributed by atoms with Gasteiger partial charge in [0, 0.05) is 37.0 Å². The second-order valence-electron chi connectivity index (χ2n) is 6.29. The molecule has 1 aliphatic rings. The third-order valence-corrected chi connectivity index (χ3v) is 4.76. The molecule has 1 aromatic rings. The summed E-state index contributed by atoms with van der Waals surface area (Å²) in [7, 11) is 0. The van der Waals surface area contributed by atoms with Gasteiger partial charge in [0.25, 0.3) is 0 Å². The van der Waals surface area contributed by atoms with Crippen LogP contribution in [-0.2, 0) is 11.3 Å². The van der Waals surface area contributed by atoms with Crippen molar-refractivity contribution in [3.05, 3.63) is 18.2 Å². The Balaban J connectivity index is 1.70. The molecule has 1 fully saturated rings. The van der Waals surface area contributed by atoms with Crippen LogP contribution in [0.5, 0.6) is 0 Å². The van der Waals surface area contributed by atoms with Crippen LogP contribution >= 0.6 is 0 Å². The van der Waals surface area contributed by atoms with Gasteiger partial charge >= 0.3 is 0 Å². The summed E-state index contributed by atoms with van der Waals surface area (Å²) in [6, 6.07) is 0.401. The van der Waals surface area contributed by atoms with Gasteiger partial charge in [-0.15, -0.1) is 0 Å². The van der Waals surface area contributed by atoms with E-state index in [0.29, 0.717) is 18.1 Å². The summed E-state index contributed by atoms with van der Waals surface area (Å²) in [5, 5.41) is 0. The summed E-state index contributed by atoms with van der Waals surface area (Å²) in [6.45, 7) is 6.36. The number of hydrogen-bond acceptors (Lipinski definition) is 3. The lowest BCUT2D eigenvalue weighted by Gasteiger charge is -2.26. The van der Waals surface area contributed by atoms with E-state index in [-0.39, 0.29) is 0 Å². The normalized spacial score (nSPS) is 22.9. The van der Waals surface area contributed by atoms with Crippen molar-refractivity contribution in [2.75, 3.05) is 6.61 Å². The van der Waals surface area contributed by atoms with E-state index in [2.05, 4.69) is 23.4 Å². The van der Waals surface area contributed by atoms with Crippen LogP contribution in [0.15, 0.2) is 12.5 Å². The number of hydrogen-bond donors (Lipinski definition) is 1. The predicted octanol–water partition coefficient (Wildman–Crippen LogP) is 3.46. The van der Waals surface area contributed by atoms with E-state index in [0.717, 1.165) is 45.3 Å². The van der Waals surface area contributed by atoms with Gasteiger partial charge in [0.05, 0.1) is 12.4 Å². The van der Waals surface area contributed by atoms with Crippen molar-refractivity contribution in [2.24, 2.45) is 5.73 Å². The first-order chi connectivity index (χ1) is 10.2. The highest BCUT2D eigenvalue weighted by Crippen LogP contribution is 2.23. The zero-order chi connectivity index (χ0) is 15.1. The maximum absolute atomic E-state index is 5.99. The Morgan fingerprint density at radius 2 is 2.00 bits per heavy atom. The lowest BCUT2D eigenvalue weighted by atomic mass is 9.94. The van der Waals surface area contributed by atoms with E-state index in [4.69, 9.17) is 10.5 Å². The molecule has 0 radical (unpaired) electrons. The summed E-state index contributed by atoms with van der Waals surface area (Å²) in [5.41, 5.74) is 7.30. The van der Waals surface area contributed by atoms with Gasteiger partial charge in [-0.1, -0.05) is 13.8 Å². The topological polar surface area (TPSA) is 53.1 Å². The largest absolute Gasteiger partial charge is 0.378 e. The standard InChI is InChI=1S/C17H31N3O/c1-3-14(4-2)17-12-19-13-20(17)10-5-11-21-16-8-6-15(18)7-9-16/h12-16H,3-11,18H2,1-2H3. The lowest BCUT2D eigenvalue weighted by Crippen LogP contribution is -2.30. The summed E-state index contributed by atoms with van der Waals surface area (Å²) in [6.07, 6.45) is 12.3. The number of ether oxygens (including phenoxy) is 1. The number of aromatic nitrogens is 2. The van der Waals surface area contributed by atoms with Gasteiger partial charge < -0.3 is 15.0 Å². The highest BCUT2D eigenvalue weighted by atomic mass is 16.5. The molecule has 1 aliphatic carbocycles. The van der Waals surface area contributed by atoms with Crippen LogP contribution in [-0.4, -0.2) is 28.3 Å². The molecule has 0 aliphatic heterocycles. The average Bonchev–Trinajstić information content (AvgIpc) is 2.95. The highest BCUT2D eigenvalue weighted by Gasteiger charge is 2.18. The van der Waals surface area contributed by atoms with Gasteiger partial charge in [0.2, 0.25) is 0 Å². The van der Waals surface area contributed by atoms with E-state index < -0.39 is 0 Å². The number of nitrogens with two attached hydrogens (primary N) is 1. The van der Waals surface area contributed by atoms with Crippen molar-refractivity contribution in [1.82, 2.24) is 9.55 Å². The van der Waals surface area contributed by atoms with Crippen molar-refractivity contribution < 1.29 is 4.74 Å². The van der Waals surface area contributed by atoms with Crippen LogP contribution in [0.4, 0.5) is 0 Å². The van der Waals surface area contributed by atoms with Crippen LogP contribution in [0.3, 0.4) is 0 Å². The zero-order valence-electron chi connectivity index (χ0n) is 13.6. The number of nitrogens with zero attached hydrogens (tertiary/aromatic N) is 2. The quantitative estimate of drug-likeness (QED) is 0.747. The van der Waals surface area contributed by atoms with Gasteiger partial charge in [0.1, 0.15) is 0 Å². The van der Waals surface area contributed by atoms with Crippen molar-refractivity contribution in [3.63, 3.8) is 0 Å². The first-order valence-electron chi connectivity index (χ1n) is 8.61. The maximum Gasteiger partial charge on any atom is 0.0948 e. The average molecular weight is 293 g/mol. The third-order valence-electron chi connectivity index (χ3n) is 4.76. The second kappa shape index (κ2) is 8.54. The first-order valence-corrected chi connectivity index (χ1v) is 8.61. The molecule has 1 saturated carbocycles. The molecule has 120 valence electrons. The number of aryl methyl sites for hydroxylation is 1. The second-order valence-corrected chi connectivity index (χ2v) is 6.29. The Bertz CT molecular complexity index is 392. The van der Waals surface area contributed by atoms with Crippen molar-refractivity contribution in [1.29, 1.82) is 0 Å². The molecule has 1 aromatic heterocycles. The number of rotatable bonds is 8. The molecule has 0 spiro atoms. The molecule has 0 aromatic carbocycles. The molecule has 2 N–H and O–H groups in total. The fraction of sp³-hybridized carbons (Fsp3) is 0.824. The van der Waals surface area contributed by atoms with E-state index in [1.807, 2.05) is 12.5 Å². The van der Waals surface area contributed by atoms with Crippen LogP contribution in [0, 0.1) is 0 Å². The van der Waals surface area contributed by atoms with Gasteiger partial charge in [-0.05, 0) is 44.9 Å². The van der Waals surface area contributed by atoms with E-state index in [1.165, 1.54) is 18.5 Å². The fourth-order valence-corrected chi connectivity index (χ4v) is 3.30. The molecule has 1 heterocycles. The highest BCUT2D eigenvalue weighted by molar-refractivity contribution is 5.05. The smallest absolute Gasteiger partial charge is 0.0948 e. The van der Waals surface area contributed by atoms with Crippen molar-refractivity contribution in [3.8, 4) is 0 Å². The van der Waals surface area contributed by atoms with Crippen LogP contribution in [0.25, 0.3) is 0 Å².